The highest BCUT2D eigenvalue weighted by Crippen LogP contribution is 2.51. The van der Waals surface area contributed by atoms with Crippen LogP contribution in [0.3, 0.4) is 0 Å². The van der Waals surface area contributed by atoms with Gasteiger partial charge in [0.15, 0.2) is 0 Å². The lowest BCUT2D eigenvalue weighted by molar-refractivity contribution is -0.163. The maximum Gasteiger partial charge on any atom is 0.352 e. The highest BCUT2D eigenvalue weighted by atomic mass is 32.2. The second kappa shape index (κ2) is 5.63. The second-order valence-corrected chi connectivity index (χ2v) is 9.91. The molecule has 1 fully saturated rings. The minimum Gasteiger partial charge on any atom is -0.477 e. The number of amides is 1. The number of sulfone groups is 1. The molecule has 0 bridgehead atoms. The van der Waals surface area contributed by atoms with Crippen LogP contribution in [-0.4, -0.2) is 63.2 Å². The third kappa shape index (κ3) is 2.38. The molecule has 0 saturated carbocycles. The van der Waals surface area contributed by atoms with Crippen molar-refractivity contribution in [1.82, 2.24) is 14.3 Å². The largest absolute Gasteiger partial charge is 0.477 e. The Labute approximate surface area is 158 Å². The first-order valence-electron chi connectivity index (χ1n) is 8.20. The summed E-state index contributed by atoms with van der Waals surface area (Å²) >= 11 is 1.21. The summed E-state index contributed by atoms with van der Waals surface area (Å²) in [5, 5.41) is 19.5. The van der Waals surface area contributed by atoms with Gasteiger partial charge in [-0.3, -0.25) is 9.20 Å². The van der Waals surface area contributed by atoms with Crippen molar-refractivity contribution in [2.24, 2.45) is 11.8 Å². The summed E-state index contributed by atoms with van der Waals surface area (Å²) in [7, 11) is -3.55. The minimum atomic E-state index is -3.55. The van der Waals surface area contributed by atoms with Crippen LogP contribution in [0.2, 0.25) is 0 Å². The van der Waals surface area contributed by atoms with Crippen molar-refractivity contribution in [3.8, 4) is 0 Å². The number of thiazole rings is 1. The fourth-order valence-electron chi connectivity index (χ4n) is 4.07. The highest BCUT2D eigenvalue weighted by Gasteiger charge is 2.60. The van der Waals surface area contributed by atoms with Gasteiger partial charge in [0, 0.05) is 23.9 Å². The van der Waals surface area contributed by atoms with Gasteiger partial charge in [0.25, 0.3) is 0 Å². The molecule has 27 heavy (non-hydrogen) atoms. The summed E-state index contributed by atoms with van der Waals surface area (Å²) < 4.78 is 25.2. The molecule has 1 amide bonds. The zero-order valence-corrected chi connectivity index (χ0v) is 16.3. The van der Waals surface area contributed by atoms with Gasteiger partial charge in [0.2, 0.25) is 20.9 Å². The predicted octanol–water partition coefficient (Wildman–Crippen LogP) is 0.452. The zero-order valence-electron chi connectivity index (χ0n) is 14.6. The Kier molecular flexibility index (Phi) is 3.78. The number of carbonyl (C=O) groups excluding carboxylic acids is 1. The number of aliphatic carboxylic acids is 1. The van der Waals surface area contributed by atoms with Gasteiger partial charge in [0.1, 0.15) is 10.5 Å². The Morgan fingerprint density at radius 1 is 1.41 bits per heavy atom. The Hall–Kier alpha value is -2.24. The van der Waals surface area contributed by atoms with Gasteiger partial charge >= 0.3 is 5.97 Å². The number of hydrogen-bond donors (Lipinski definition) is 2. The number of hydrogen-bond acceptors (Lipinski definition) is 7. The van der Waals surface area contributed by atoms with E-state index in [-0.39, 0.29) is 16.8 Å². The van der Waals surface area contributed by atoms with Gasteiger partial charge in [-0.25, -0.2) is 18.2 Å². The van der Waals surface area contributed by atoms with Crippen LogP contribution in [0.4, 0.5) is 0 Å². The molecule has 0 radical (unpaired) electrons. The molecule has 9 nitrogen and oxygen atoms in total. The van der Waals surface area contributed by atoms with E-state index in [1.165, 1.54) is 33.8 Å². The Bertz CT molecular complexity index is 1130. The fourth-order valence-corrected chi connectivity index (χ4v) is 6.00. The van der Waals surface area contributed by atoms with E-state index in [4.69, 9.17) is 0 Å². The second-order valence-electron chi connectivity index (χ2n) is 6.94. The summed E-state index contributed by atoms with van der Waals surface area (Å²) in [6.07, 6.45) is 3.14. The van der Waals surface area contributed by atoms with Crippen molar-refractivity contribution in [2.75, 3.05) is 6.26 Å². The monoisotopic (exact) mass is 411 g/mol. The quantitative estimate of drug-likeness (QED) is 0.699. The van der Waals surface area contributed by atoms with Crippen molar-refractivity contribution in [3.05, 3.63) is 23.0 Å². The number of aliphatic hydroxyl groups is 1. The van der Waals surface area contributed by atoms with Crippen molar-refractivity contribution < 1.29 is 28.2 Å². The molecule has 1 saturated heterocycles. The van der Waals surface area contributed by atoms with Crippen molar-refractivity contribution >= 4 is 43.5 Å². The number of nitrogens with zero attached hydrogens (tertiary/aromatic N) is 3. The average molecular weight is 411 g/mol. The maximum absolute atomic E-state index is 12.4. The summed E-state index contributed by atoms with van der Waals surface area (Å²) in [4.78, 5) is 30.6. The van der Waals surface area contributed by atoms with Crippen molar-refractivity contribution in [3.63, 3.8) is 0 Å². The van der Waals surface area contributed by atoms with Gasteiger partial charge in [0.05, 0.1) is 29.1 Å². The van der Waals surface area contributed by atoms with Gasteiger partial charge < -0.3 is 15.1 Å². The summed E-state index contributed by atoms with van der Waals surface area (Å²) in [6.45, 7) is 3.33. The Morgan fingerprint density at radius 2 is 2.07 bits per heavy atom. The standard InChI is InChI=1S/C16H17N3O6S2/c1-6-10(8-5-18-9(26-8)4-17-16(18)27(3,24)25)13(15(22)23)19-12(6)11(7(2)20)14(19)21/h4-7,11-12,20H,1-3H3,(H,22,23)/t6-,7+,11+,12+/m0/s1. The first kappa shape index (κ1) is 18.1. The molecule has 0 spiro atoms. The number of imidazole rings is 1. The molecule has 0 aliphatic carbocycles. The van der Waals surface area contributed by atoms with E-state index in [0.717, 1.165) is 6.26 Å². The Balaban J connectivity index is 1.88. The van der Waals surface area contributed by atoms with Gasteiger partial charge in [-0.2, -0.15) is 0 Å². The van der Waals surface area contributed by atoms with Crippen LogP contribution in [0.25, 0.3) is 10.4 Å². The van der Waals surface area contributed by atoms with E-state index in [1.807, 2.05) is 6.92 Å². The lowest BCUT2D eigenvalue weighted by Gasteiger charge is -2.46. The van der Waals surface area contributed by atoms with Gasteiger partial charge in [-0.15, -0.1) is 11.3 Å². The smallest absolute Gasteiger partial charge is 0.352 e. The van der Waals surface area contributed by atoms with E-state index < -0.39 is 39.8 Å². The van der Waals surface area contributed by atoms with E-state index >= 15 is 0 Å². The van der Waals surface area contributed by atoms with Gasteiger partial charge in [-0.05, 0) is 6.92 Å². The van der Waals surface area contributed by atoms with Crippen LogP contribution in [0.15, 0.2) is 23.2 Å². The summed E-state index contributed by atoms with van der Waals surface area (Å²) in [5.41, 5.74) is 0.366. The molecule has 4 atom stereocenters. The van der Waals surface area contributed by atoms with E-state index in [9.17, 15) is 28.2 Å². The molecule has 11 heteroatoms. The molecule has 2 aliphatic heterocycles. The molecule has 2 aromatic heterocycles. The van der Waals surface area contributed by atoms with E-state index in [1.54, 1.807) is 6.20 Å². The number of carboxylic acid groups (broad SMARTS) is 1. The number of carbonyl (C=O) groups is 2. The van der Waals surface area contributed by atoms with Crippen molar-refractivity contribution in [1.29, 1.82) is 0 Å². The molecular weight excluding hydrogens is 394 g/mol. The third-order valence-electron chi connectivity index (χ3n) is 5.16. The van der Waals surface area contributed by atoms with Crippen LogP contribution in [-0.2, 0) is 19.4 Å². The molecule has 4 heterocycles. The van der Waals surface area contributed by atoms with E-state index in [2.05, 4.69) is 4.98 Å². The lowest BCUT2D eigenvalue weighted by atomic mass is 9.77. The first-order valence-corrected chi connectivity index (χ1v) is 10.9. The molecule has 4 rings (SSSR count). The normalized spacial score (nSPS) is 26.4. The minimum absolute atomic E-state index is 0.104. The molecule has 144 valence electrons. The fraction of sp³-hybridized carbons (Fsp3) is 0.438. The van der Waals surface area contributed by atoms with Crippen LogP contribution in [0, 0.1) is 11.8 Å². The topological polar surface area (TPSA) is 129 Å². The van der Waals surface area contributed by atoms with E-state index in [0.29, 0.717) is 15.3 Å². The summed E-state index contributed by atoms with van der Waals surface area (Å²) in [6, 6.07) is -0.424. The zero-order chi connectivity index (χ0) is 19.8. The first-order chi connectivity index (χ1) is 12.5. The van der Waals surface area contributed by atoms with Crippen LogP contribution < -0.4 is 0 Å². The van der Waals surface area contributed by atoms with Crippen LogP contribution >= 0.6 is 11.3 Å². The molecular formula is C16H17N3O6S2. The Morgan fingerprint density at radius 3 is 2.63 bits per heavy atom. The highest BCUT2D eigenvalue weighted by molar-refractivity contribution is 7.90. The summed E-state index contributed by atoms with van der Waals surface area (Å²) in [5.74, 6) is -2.59. The third-order valence-corrected chi connectivity index (χ3v) is 7.18. The van der Waals surface area contributed by atoms with Crippen LogP contribution in [0.5, 0.6) is 0 Å². The number of aromatic nitrogens is 2. The SMILES string of the molecule is C[C@@H](O)[C@H]1C(=O)N2C(C(=O)O)=C(c3cn4c(S(C)(=O)=O)ncc4s3)[C@H](C)[C@H]12. The molecule has 2 N–H and O–H groups in total. The molecule has 0 unspecified atom stereocenters. The average Bonchev–Trinajstić information content (AvgIpc) is 3.15. The maximum atomic E-state index is 12.4. The lowest BCUT2D eigenvalue weighted by Crippen LogP contribution is -2.63. The molecule has 0 aromatic carbocycles. The number of aliphatic hydroxyl groups excluding tert-OH is 1. The number of β-lactam (4-membered cyclic amide) rings is 1. The van der Waals surface area contributed by atoms with Gasteiger partial charge in [-0.1, -0.05) is 6.92 Å². The number of fused-ring (bicyclic) bond motifs is 2. The number of rotatable bonds is 4. The number of carboxylic acids is 1. The van der Waals surface area contributed by atoms with Crippen molar-refractivity contribution in [2.45, 2.75) is 31.1 Å². The predicted molar refractivity (Wildman–Crippen MR) is 95.7 cm³/mol. The molecule has 2 aromatic rings. The molecule has 2 aliphatic rings. The van der Waals surface area contributed by atoms with Crippen LogP contribution in [0.1, 0.15) is 18.7 Å².